The molecule has 1 aliphatic carbocycles. The number of rotatable bonds is 6. The van der Waals surface area contributed by atoms with Crippen LogP contribution in [0.5, 0.6) is 0 Å². The van der Waals surface area contributed by atoms with Crippen LogP contribution in [-0.4, -0.2) is 24.3 Å². The maximum Gasteiger partial charge on any atom is 0.0687 e. The molecule has 1 saturated heterocycles. The zero-order valence-electron chi connectivity index (χ0n) is 15.0. The quantitative estimate of drug-likeness (QED) is 0.751. The molecule has 2 atom stereocenters. The largest absolute Gasteiger partial charge is 0.372 e. The fraction of sp³-hybridized carbons (Fsp3) is 1.00. The van der Waals surface area contributed by atoms with E-state index in [0.717, 1.165) is 6.54 Å². The van der Waals surface area contributed by atoms with Crippen LogP contribution in [0.1, 0.15) is 86.0 Å². The first-order valence-electron chi connectivity index (χ1n) is 9.26. The zero-order valence-corrected chi connectivity index (χ0v) is 15.0. The van der Waals surface area contributed by atoms with Gasteiger partial charge in [-0.3, -0.25) is 0 Å². The van der Waals surface area contributed by atoms with Gasteiger partial charge in [0.05, 0.1) is 11.7 Å². The van der Waals surface area contributed by atoms with Crippen molar-refractivity contribution in [3.63, 3.8) is 0 Å². The summed E-state index contributed by atoms with van der Waals surface area (Å²) in [6.07, 6.45) is 11.1. The lowest BCUT2D eigenvalue weighted by atomic mass is 9.74. The lowest BCUT2D eigenvalue weighted by molar-refractivity contribution is -0.0793. The summed E-state index contributed by atoms with van der Waals surface area (Å²) in [5.74, 6) is 0.690. The smallest absolute Gasteiger partial charge is 0.0687 e. The molecule has 0 bridgehead atoms. The first-order chi connectivity index (χ1) is 9.85. The Hall–Kier alpha value is -0.0800. The molecule has 0 aromatic rings. The van der Waals surface area contributed by atoms with E-state index in [0.29, 0.717) is 23.5 Å². The van der Waals surface area contributed by atoms with Gasteiger partial charge in [0.15, 0.2) is 0 Å². The molecule has 0 aromatic heterocycles. The molecular formula is C19H37NO. The third-order valence-corrected chi connectivity index (χ3v) is 6.11. The van der Waals surface area contributed by atoms with Crippen molar-refractivity contribution in [3.05, 3.63) is 0 Å². The summed E-state index contributed by atoms with van der Waals surface area (Å²) in [5, 5.41) is 3.66. The maximum atomic E-state index is 6.61. The van der Waals surface area contributed by atoms with E-state index in [9.17, 15) is 0 Å². The lowest BCUT2D eigenvalue weighted by Gasteiger charge is -2.38. The van der Waals surface area contributed by atoms with Crippen molar-refractivity contribution in [3.8, 4) is 0 Å². The molecule has 1 spiro atoms. The second-order valence-corrected chi connectivity index (χ2v) is 8.57. The Morgan fingerprint density at radius 3 is 2.33 bits per heavy atom. The summed E-state index contributed by atoms with van der Waals surface area (Å²) < 4.78 is 6.61. The SMILES string of the molecule is CC(C)NCC(C)(CC1CCC2(CCCCC2)O1)C(C)C. The second-order valence-electron chi connectivity index (χ2n) is 8.57. The zero-order chi connectivity index (χ0) is 15.5. The van der Waals surface area contributed by atoms with Crippen molar-refractivity contribution in [1.29, 1.82) is 0 Å². The van der Waals surface area contributed by atoms with Crippen LogP contribution in [0.3, 0.4) is 0 Å². The molecule has 0 amide bonds. The highest BCUT2D eigenvalue weighted by Gasteiger charge is 2.43. The highest BCUT2D eigenvalue weighted by molar-refractivity contribution is 4.94. The third-order valence-electron chi connectivity index (χ3n) is 6.11. The Morgan fingerprint density at radius 1 is 1.10 bits per heavy atom. The van der Waals surface area contributed by atoms with E-state index >= 15 is 0 Å². The van der Waals surface area contributed by atoms with Gasteiger partial charge in [-0.1, -0.05) is 53.9 Å². The summed E-state index contributed by atoms with van der Waals surface area (Å²) in [6, 6.07) is 0.567. The summed E-state index contributed by atoms with van der Waals surface area (Å²) in [4.78, 5) is 0. The molecule has 21 heavy (non-hydrogen) atoms. The number of hydrogen-bond donors (Lipinski definition) is 1. The predicted octanol–water partition coefficient (Wildman–Crippen LogP) is 4.92. The van der Waals surface area contributed by atoms with Crippen LogP contribution < -0.4 is 5.32 Å². The van der Waals surface area contributed by atoms with Gasteiger partial charge in [0, 0.05) is 12.6 Å². The van der Waals surface area contributed by atoms with Crippen LogP contribution in [0.15, 0.2) is 0 Å². The molecule has 2 nitrogen and oxygen atoms in total. The molecule has 1 N–H and O–H groups in total. The van der Waals surface area contributed by atoms with Gasteiger partial charge in [-0.2, -0.15) is 0 Å². The van der Waals surface area contributed by atoms with Crippen LogP contribution in [0.4, 0.5) is 0 Å². The topological polar surface area (TPSA) is 21.3 Å². The summed E-state index contributed by atoms with van der Waals surface area (Å²) >= 11 is 0. The number of ether oxygens (including phenoxy) is 1. The summed E-state index contributed by atoms with van der Waals surface area (Å²) in [6.45, 7) is 12.8. The first kappa shape index (κ1) is 17.3. The average molecular weight is 296 g/mol. The van der Waals surface area contributed by atoms with E-state index in [-0.39, 0.29) is 5.60 Å². The highest BCUT2D eigenvalue weighted by atomic mass is 16.5. The van der Waals surface area contributed by atoms with Crippen molar-refractivity contribution in [2.24, 2.45) is 11.3 Å². The van der Waals surface area contributed by atoms with Crippen molar-refractivity contribution < 1.29 is 4.74 Å². The highest BCUT2D eigenvalue weighted by Crippen LogP contribution is 2.45. The molecule has 1 aliphatic heterocycles. The molecule has 2 rings (SSSR count). The van der Waals surface area contributed by atoms with Gasteiger partial charge < -0.3 is 10.1 Å². The standard InChI is InChI=1S/C19H37NO/c1-15(2)18(5,14-20-16(3)4)13-17-9-12-19(21-17)10-7-6-8-11-19/h15-17,20H,6-14H2,1-5H3. The van der Waals surface area contributed by atoms with Crippen molar-refractivity contribution >= 4 is 0 Å². The van der Waals surface area contributed by atoms with Gasteiger partial charge in [-0.05, 0) is 43.4 Å². The van der Waals surface area contributed by atoms with Crippen LogP contribution >= 0.6 is 0 Å². The minimum absolute atomic E-state index is 0.270. The molecular weight excluding hydrogens is 258 g/mol. The molecule has 0 radical (unpaired) electrons. The van der Waals surface area contributed by atoms with Gasteiger partial charge in [-0.25, -0.2) is 0 Å². The summed E-state index contributed by atoms with van der Waals surface area (Å²) in [7, 11) is 0. The normalized spacial score (nSPS) is 28.4. The van der Waals surface area contributed by atoms with Gasteiger partial charge >= 0.3 is 0 Å². The van der Waals surface area contributed by atoms with E-state index < -0.39 is 0 Å². The van der Waals surface area contributed by atoms with Gasteiger partial charge in [-0.15, -0.1) is 0 Å². The second kappa shape index (κ2) is 7.00. The minimum Gasteiger partial charge on any atom is -0.372 e. The van der Waals surface area contributed by atoms with Gasteiger partial charge in [0.1, 0.15) is 0 Å². The van der Waals surface area contributed by atoms with Crippen LogP contribution in [-0.2, 0) is 4.74 Å². The number of nitrogens with one attached hydrogen (secondary N) is 1. The fourth-order valence-electron chi connectivity index (χ4n) is 4.07. The van der Waals surface area contributed by atoms with E-state index in [1.807, 2.05) is 0 Å². The van der Waals surface area contributed by atoms with Crippen LogP contribution in [0, 0.1) is 11.3 Å². The fourth-order valence-corrected chi connectivity index (χ4v) is 4.07. The molecule has 2 heteroatoms. The Kier molecular flexibility index (Phi) is 5.76. The number of hydrogen-bond acceptors (Lipinski definition) is 2. The van der Waals surface area contributed by atoms with Gasteiger partial charge in [0.2, 0.25) is 0 Å². The molecule has 2 aliphatic rings. The van der Waals surface area contributed by atoms with Gasteiger partial charge in [0.25, 0.3) is 0 Å². The van der Waals surface area contributed by atoms with E-state index in [4.69, 9.17) is 4.74 Å². The summed E-state index contributed by atoms with van der Waals surface area (Å²) in [5.41, 5.74) is 0.613. The maximum absolute atomic E-state index is 6.61. The van der Waals surface area contributed by atoms with Crippen LogP contribution in [0.2, 0.25) is 0 Å². The Morgan fingerprint density at radius 2 is 1.76 bits per heavy atom. The predicted molar refractivity (Wildman–Crippen MR) is 90.6 cm³/mol. The Balaban J connectivity index is 1.92. The molecule has 1 heterocycles. The average Bonchev–Trinajstić information content (AvgIpc) is 2.79. The monoisotopic (exact) mass is 295 g/mol. The molecule has 2 unspecified atom stereocenters. The molecule has 2 fully saturated rings. The van der Waals surface area contributed by atoms with Crippen molar-refractivity contribution in [2.45, 2.75) is 104 Å². The molecule has 0 aromatic carbocycles. The lowest BCUT2D eigenvalue weighted by Crippen LogP contribution is -2.42. The first-order valence-corrected chi connectivity index (χ1v) is 9.26. The molecule has 124 valence electrons. The minimum atomic E-state index is 0.270. The van der Waals surface area contributed by atoms with Crippen molar-refractivity contribution in [1.82, 2.24) is 5.32 Å². The van der Waals surface area contributed by atoms with E-state index in [2.05, 4.69) is 39.9 Å². The van der Waals surface area contributed by atoms with Crippen LogP contribution in [0.25, 0.3) is 0 Å². The van der Waals surface area contributed by atoms with Crippen molar-refractivity contribution in [2.75, 3.05) is 6.54 Å². The molecule has 1 saturated carbocycles. The Labute approximate surface area is 132 Å². The van der Waals surface area contributed by atoms with E-state index in [1.165, 1.54) is 51.4 Å². The Bertz CT molecular complexity index is 320. The van der Waals surface area contributed by atoms with E-state index in [1.54, 1.807) is 0 Å². The third kappa shape index (κ3) is 4.45.